The largest absolute Gasteiger partial charge is 0.121 e. The lowest BCUT2D eigenvalue weighted by Gasteiger charge is -2.26. The minimum absolute atomic E-state index is 0.682. The third-order valence-corrected chi connectivity index (χ3v) is 11.3. The molecule has 0 N–H and O–H groups in total. The number of rotatable bonds is 9. The van der Waals surface area contributed by atoms with Crippen LogP contribution >= 0.6 is 0 Å². The smallest absolute Gasteiger partial charge is 0.0642 e. The monoisotopic (exact) mass is 433 g/mol. The second-order valence-electron chi connectivity index (χ2n) is 8.03. The average molecular weight is 434 g/mol. The second kappa shape index (κ2) is 11.1. The molecule has 0 aromatic heterocycles. The number of hydrogen-bond donors (Lipinski definition) is 0. The number of benzene rings is 4. The summed E-state index contributed by atoms with van der Waals surface area (Å²) in [6, 6.07) is 42.5. The molecule has 4 aromatic carbocycles. The summed E-state index contributed by atoms with van der Waals surface area (Å²) in [5.41, 5.74) is 2.92. The van der Waals surface area contributed by atoms with Crippen LogP contribution in [0.15, 0.2) is 115 Å². The van der Waals surface area contributed by atoms with Gasteiger partial charge in [0.05, 0.1) is 9.52 Å². The van der Waals surface area contributed by atoms with Crippen LogP contribution in [0.25, 0.3) is 0 Å². The second-order valence-corrected chi connectivity index (χ2v) is 12.8. The van der Waals surface area contributed by atoms with E-state index in [0.717, 1.165) is 9.52 Å². The minimum Gasteiger partial charge on any atom is -0.0642 e. The molecule has 4 aromatic rings. The summed E-state index contributed by atoms with van der Waals surface area (Å²) >= 11 is 0. The molecular weight excluding hydrogens is 404 g/mol. The van der Waals surface area contributed by atoms with Crippen LogP contribution in [0.1, 0.15) is 24.0 Å². The van der Waals surface area contributed by atoms with Crippen molar-refractivity contribution in [3.63, 3.8) is 0 Å². The first-order chi connectivity index (χ1) is 15.3. The van der Waals surface area contributed by atoms with Crippen molar-refractivity contribution in [1.82, 2.24) is 0 Å². The van der Waals surface area contributed by atoms with Crippen LogP contribution in [0.3, 0.4) is 0 Å². The van der Waals surface area contributed by atoms with Gasteiger partial charge in [-0.3, -0.25) is 0 Å². The van der Waals surface area contributed by atoms with Crippen molar-refractivity contribution in [2.45, 2.75) is 31.4 Å². The molecule has 1 unspecified atom stereocenters. The Bertz CT molecular complexity index is 1010. The number of aryl methyl sites for hydroxylation is 2. The van der Waals surface area contributed by atoms with Crippen molar-refractivity contribution in [3.05, 3.63) is 126 Å². The fourth-order valence-corrected chi connectivity index (χ4v) is 10.2. The van der Waals surface area contributed by atoms with Crippen LogP contribution in [-0.4, -0.2) is 18.3 Å². The van der Waals surface area contributed by atoms with E-state index in [1.54, 1.807) is 0 Å². The molecule has 0 aliphatic rings. The highest BCUT2D eigenvalue weighted by molar-refractivity contribution is 6.93. The van der Waals surface area contributed by atoms with Gasteiger partial charge < -0.3 is 0 Å². The zero-order chi connectivity index (χ0) is 21.3. The van der Waals surface area contributed by atoms with Gasteiger partial charge in [-0.2, -0.15) is 0 Å². The van der Waals surface area contributed by atoms with Gasteiger partial charge in [-0.15, -0.1) is 0 Å². The van der Waals surface area contributed by atoms with E-state index < -0.39 is 8.80 Å². The zero-order valence-electron chi connectivity index (χ0n) is 18.2. The quantitative estimate of drug-likeness (QED) is 0.326. The predicted molar refractivity (Wildman–Crippen MR) is 138 cm³/mol. The third kappa shape index (κ3) is 5.93. The van der Waals surface area contributed by atoms with E-state index in [2.05, 4.69) is 122 Å². The molecule has 153 valence electrons. The van der Waals surface area contributed by atoms with Gasteiger partial charge in [0.25, 0.3) is 0 Å². The molecule has 31 heavy (non-hydrogen) atoms. The molecule has 0 spiro atoms. The van der Waals surface area contributed by atoms with E-state index in [-0.39, 0.29) is 0 Å². The summed E-state index contributed by atoms with van der Waals surface area (Å²) in [4.78, 5) is 0. The predicted octanol–water partition coefficient (Wildman–Crippen LogP) is 4.98. The highest BCUT2D eigenvalue weighted by Gasteiger charge is 2.27. The van der Waals surface area contributed by atoms with Crippen LogP contribution in [0.5, 0.6) is 0 Å². The molecule has 0 heterocycles. The van der Waals surface area contributed by atoms with E-state index in [9.17, 15) is 0 Å². The summed E-state index contributed by atoms with van der Waals surface area (Å²) in [7, 11) is -0.0502. The zero-order valence-corrected chi connectivity index (χ0v) is 20.2. The van der Waals surface area contributed by atoms with Gasteiger partial charge in [-0.05, 0) is 36.1 Å². The molecule has 0 nitrogen and oxygen atoms in total. The molecule has 0 fully saturated rings. The standard InChI is InChI=1S/C29H29Si2/c1-24-14-11-12-15-25(24)16-13-23-29(30-26-17-5-2-6-18-26)31(27-19-7-3-8-20-27)28-21-9-4-10-22-28/h2-12,14-15,17-22,29H,13,16,23H2,1H3. The van der Waals surface area contributed by atoms with Gasteiger partial charge in [-0.1, -0.05) is 137 Å². The molecule has 3 radical (unpaired) electrons. The fraction of sp³-hybridized carbons (Fsp3) is 0.172. The molecule has 0 aliphatic carbocycles. The lowest BCUT2D eigenvalue weighted by molar-refractivity contribution is 0.763. The third-order valence-electron chi connectivity index (χ3n) is 5.83. The Morgan fingerprint density at radius 2 is 1.16 bits per heavy atom. The summed E-state index contributed by atoms with van der Waals surface area (Å²) in [5.74, 6) is 0. The number of hydrogen-bond acceptors (Lipinski definition) is 0. The molecule has 0 aliphatic heterocycles. The van der Waals surface area contributed by atoms with Crippen LogP contribution < -0.4 is 15.6 Å². The van der Waals surface area contributed by atoms with Gasteiger partial charge in [0.15, 0.2) is 0 Å². The SMILES string of the molecule is Cc1ccccc1CCCC([Si]c1ccccc1)[Si](c1ccccc1)c1ccccc1. The lowest BCUT2D eigenvalue weighted by Crippen LogP contribution is -2.49. The molecule has 0 saturated heterocycles. The summed E-state index contributed by atoms with van der Waals surface area (Å²) in [6.45, 7) is 2.24. The van der Waals surface area contributed by atoms with E-state index in [1.165, 1.54) is 45.9 Å². The Morgan fingerprint density at radius 1 is 0.645 bits per heavy atom. The van der Waals surface area contributed by atoms with Crippen LogP contribution in [0.2, 0.25) is 5.16 Å². The maximum absolute atomic E-state index is 2.35. The minimum atomic E-state index is -0.887. The van der Waals surface area contributed by atoms with Gasteiger partial charge >= 0.3 is 0 Å². The Labute approximate surface area is 191 Å². The summed E-state index contributed by atoms with van der Waals surface area (Å²) < 4.78 is 0. The molecule has 1 atom stereocenters. The highest BCUT2D eigenvalue weighted by atomic mass is 28.3. The van der Waals surface area contributed by atoms with E-state index >= 15 is 0 Å². The highest BCUT2D eigenvalue weighted by Crippen LogP contribution is 2.20. The van der Waals surface area contributed by atoms with Crippen molar-refractivity contribution in [2.75, 3.05) is 0 Å². The maximum atomic E-state index is 2.35. The topological polar surface area (TPSA) is 0 Å². The lowest BCUT2D eigenvalue weighted by atomic mass is 10.0. The fourth-order valence-electron chi connectivity index (χ4n) is 4.22. The Balaban J connectivity index is 1.62. The van der Waals surface area contributed by atoms with Gasteiger partial charge in [0.2, 0.25) is 0 Å². The normalized spacial score (nSPS) is 12.1. The van der Waals surface area contributed by atoms with Crippen molar-refractivity contribution in [1.29, 1.82) is 0 Å². The first-order valence-electron chi connectivity index (χ1n) is 11.1. The Kier molecular flexibility index (Phi) is 7.70. The van der Waals surface area contributed by atoms with Crippen LogP contribution in [0, 0.1) is 6.92 Å². The first-order valence-corrected chi connectivity index (χ1v) is 13.8. The molecule has 2 heteroatoms. The first kappa shape index (κ1) is 21.5. The van der Waals surface area contributed by atoms with Crippen LogP contribution in [0.4, 0.5) is 0 Å². The van der Waals surface area contributed by atoms with Crippen molar-refractivity contribution >= 4 is 33.9 Å². The molecule has 4 rings (SSSR count). The van der Waals surface area contributed by atoms with Crippen LogP contribution in [-0.2, 0) is 6.42 Å². The molecular formula is C29H29Si2. The molecule has 0 amide bonds. The van der Waals surface area contributed by atoms with Crippen molar-refractivity contribution in [2.24, 2.45) is 0 Å². The molecule has 0 bridgehead atoms. The van der Waals surface area contributed by atoms with Gasteiger partial charge in [0, 0.05) is 0 Å². The maximum Gasteiger partial charge on any atom is 0.121 e. The van der Waals surface area contributed by atoms with E-state index in [1.807, 2.05) is 0 Å². The average Bonchev–Trinajstić information content (AvgIpc) is 2.82. The van der Waals surface area contributed by atoms with Crippen molar-refractivity contribution in [3.8, 4) is 0 Å². The summed E-state index contributed by atoms with van der Waals surface area (Å²) in [5, 5.41) is 5.23. The van der Waals surface area contributed by atoms with Gasteiger partial charge in [0.1, 0.15) is 8.80 Å². The molecule has 0 saturated carbocycles. The Morgan fingerprint density at radius 3 is 1.74 bits per heavy atom. The van der Waals surface area contributed by atoms with E-state index in [0.29, 0.717) is 5.16 Å². The van der Waals surface area contributed by atoms with Crippen molar-refractivity contribution < 1.29 is 0 Å². The summed E-state index contributed by atoms with van der Waals surface area (Å²) in [6.07, 6.45) is 3.67. The Hall–Kier alpha value is -2.69. The van der Waals surface area contributed by atoms with E-state index in [4.69, 9.17) is 0 Å². The van der Waals surface area contributed by atoms with Gasteiger partial charge in [-0.25, -0.2) is 0 Å².